The van der Waals surface area contributed by atoms with Crippen molar-refractivity contribution in [2.45, 2.75) is 74.0 Å². The molecule has 0 spiro atoms. The van der Waals surface area contributed by atoms with Crippen molar-refractivity contribution in [2.24, 2.45) is 5.92 Å². The Morgan fingerprint density at radius 2 is 1.90 bits per heavy atom. The molecule has 0 radical (unpaired) electrons. The molecule has 0 aliphatic carbocycles. The minimum atomic E-state index is -0.460. The second-order valence-corrected chi connectivity index (χ2v) is 7.88. The van der Waals surface area contributed by atoms with Gasteiger partial charge in [0.2, 0.25) is 0 Å². The molecule has 168 valence electrons. The van der Waals surface area contributed by atoms with Gasteiger partial charge < -0.3 is 14.8 Å². The molecule has 0 bridgehead atoms. The second kappa shape index (κ2) is 14.5. The molecule has 1 amide bonds. The van der Waals surface area contributed by atoms with E-state index in [2.05, 4.69) is 16.3 Å². The SMILES string of the molecule is CC.CC.CCOc1ccc(CN2CCC(CNC(=O)OC(C)(C)C)C2)cc1Cl. The number of amides is 1. The monoisotopic (exact) mass is 428 g/mol. The third-order valence-electron chi connectivity index (χ3n) is 4.01. The molecule has 1 fully saturated rings. The van der Waals surface area contributed by atoms with E-state index in [9.17, 15) is 4.79 Å². The number of nitrogens with zero attached hydrogens (tertiary/aromatic N) is 1. The number of carbonyl (C=O) groups excluding carboxylic acids is 1. The van der Waals surface area contributed by atoms with Gasteiger partial charge in [0.1, 0.15) is 11.4 Å². The number of nitrogens with one attached hydrogen (secondary N) is 1. The summed E-state index contributed by atoms with van der Waals surface area (Å²) in [6, 6.07) is 5.96. The Morgan fingerprint density at radius 1 is 1.24 bits per heavy atom. The number of rotatable bonds is 6. The van der Waals surface area contributed by atoms with Crippen LogP contribution in [0.3, 0.4) is 0 Å². The summed E-state index contributed by atoms with van der Waals surface area (Å²) >= 11 is 6.25. The maximum atomic E-state index is 11.7. The fourth-order valence-electron chi connectivity index (χ4n) is 2.94. The van der Waals surface area contributed by atoms with Crippen LogP contribution in [-0.2, 0) is 11.3 Å². The highest BCUT2D eigenvalue weighted by Crippen LogP contribution is 2.27. The third kappa shape index (κ3) is 11.3. The van der Waals surface area contributed by atoms with Gasteiger partial charge in [0, 0.05) is 19.6 Å². The van der Waals surface area contributed by atoms with E-state index in [1.807, 2.05) is 67.5 Å². The van der Waals surface area contributed by atoms with E-state index in [1.165, 1.54) is 5.56 Å². The summed E-state index contributed by atoms with van der Waals surface area (Å²) in [7, 11) is 0. The average molecular weight is 429 g/mol. The first-order valence-corrected chi connectivity index (χ1v) is 11.2. The molecule has 1 heterocycles. The quantitative estimate of drug-likeness (QED) is 0.591. The van der Waals surface area contributed by atoms with Gasteiger partial charge in [0.15, 0.2) is 0 Å². The van der Waals surface area contributed by atoms with Crippen LogP contribution in [0, 0.1) is 5.92 Å². The zero-order valence-corrected chi connectivity index (χ0v) is 20.4. The van der Waals surface area contributed by atoms with Crippen LogP contribution in [0.15, 0.2) is 18.2 Å². The van der Waals surface area contributed by atoms with Gasteiger partial charge in [-0.15, -0.1) is 0 Å². The van der Waals surface area contributed by atoms with Crippen LogP contribution >= 0.6 is 11.6 Å². The second-order valence-electron chi connectivity index (χ2n) is 7.47. The molecule has 2 rings (SSSR count). The fraction of sp³-hybridized carbons (Fsp3) is 0.696. The van der Waals surface area contributed by atoms with Crippen molar-refractivity contribution in [1.29, 1.82) is 0 Å². The first-order valence-electron chi connectivity index (χ1n) is 10.9. The topological polar surface area (TPSA) is 50.8 Å². The van der Waals surface area contributed by atoms with E-state index in [1.54, 1.807) is 0 Å². The Morgan fingerprint density at radius 3 is 2.45 bits per heavy atom. The summed E-state index contributed by atoms with van der Waals surface area (Å²) in [6.07, 6.45) is 0.727. The van der Waals surface area contributed by atoms with Crippen molar-refractivity contribution < 1.29 is 14.3 Å². The van der Waals surface area contributed by atoms with Crippen molar-refractivity contribution in [2.75, 3.05) is 26.2 Å². The zero-order chi connectivity index (χ0) is 22.4. The molecule has 1 aliphatic heterocycles. The number of halogens is 1. The van der Waals surface area contributed by atoms with Crippen molar-refractivity contribution in [3.63, 3.8) is 0 Å². The number of benzene rings is 1. The van der Waals surface area contributed by atoms with Crippen molar-refractivity contribution in [3.05, 3.63) is 28.8 Å². The lowest BCUT2D eigenvalue weighted by molar-refractivity contribution is 0.0519. The smallest absolute Gasteiger partial charge is 0.407 e. The molecule has 1 saturated heterocycles. The lowest BCUT2D eigenvalue weighted by atomic mass is 10.1. The molecule has 1 aromatic carbocycles. The number of hydrogen-bond donors (Lipinski definition) is 1. The largest absolute Gasteiger partial charge is 0.492 e. The molecule has 1 aromatic rings. The van der Waals surface area contributed by atoms with Crippen molar-refractivity contribution >= 4 is 17.7 Å². The maximum absolute atomic E-state index is 11.7. The number of carbonyl (C=O) groups is 1. The highest BCUT2D eigenvalue weighted by atomic mass is 35.5. The summed E-state index contributed by atoms with van der Waals surface area (Å²) < 4.78 is 10.7. The van der Waals surface area contributed by atoms with Crippen LogP contribution < -0.4 is 10.1 Å². The molecule has 0 aromatic heterocycles. The molecule has 1 N–H and O–H groups in total. The van der Waals surface area contributed by atoms with Gasteiger partial charge in [-0.2, -0.15) is 0 Å². The number of likely N-dealkylation sites (tertiary alicyclic amines) is 1. The Balaban J connectivity index is 0.00000184. The average Bonchev–Trinajstić information content (AvgIpc) is 3.12. The Bertz CT molecular complexity index is 588. The first kappa shape index (κ1) is 27.5. The van der Waals surface area contributed by atoms with Crippen LogP contribution in [0.2, 0.25) is 5.02 Å². The molecule has 1 atom stereocenters. The van der Waals surface area contributed by atoms with Crippen molar-refractivity contribution in [3.8, 4) is 5.75 Å². The Labute approximate surface area is 183 Å². The van der Waals surface area contributed by atoms with Crippen LogP contribution in [-0.4, -0.2) is 42.8 Å². The Kier molecular flexibility index (Phi) is 13.8. The van der Waals surface area contributed by atoms with E-state index in [4.69, 9.17) is 21.1 Å². The summed E-state index contributed by atoms with van der Waals surface area (Å²) in [6.45, 7) is 19.6. The van der Waals surface area contributed by atoms with Gasteiger partial charge in [0.25, 0.3) is 0 Å². The third-order valence-corrected chi connectivity index (χ3v) is 4.30. The number of alkyl carbamates (subject to hydrolysis) is 1. The van der Waals surface area contributed by atoms with Crippen molar-refractivity contribution in [1.82, 2.24) is 10.2 Å². The van der Waals surface area contributed by atoms with E-state index in [0.717, 1.165) is 31.8 Å². The summed E-state index contributed by atoms with van der Waals surface area (Å²) in [5, 5.41) is 3.53. The summed E-state index contributed by atoms with van der Waals surface area (Å²) in [5.41, 5.74) is 0.716. The standard InChI is InChI=1S/C19H29ClN2O3.2C2H6/c1-5-24-17-7-6-14(10-16(17)20)12-22-9-8-15(13-22)11-21-18(23)25-19(2,3)4;2*1-2/h6-7,10,15H,5,8-9,11-13H2,1-4H3,(H,21,23);2*1-2H3. The predicted octanol–water partition coefficient (Wildman–Crippen LogP) is 6.14. The summed E-state index contributed by atoms with van der Waals surface area (Å²) in [5.74, 6) is 1.18. The maximum Gasteiger partial charge on any atom is 0.407 e. The molecule has 0 saturated carbocycles. The number of hydrogen-bond acceptors (Lipinski definition) is 4. The van der Waals surface area contributed by atoms with Gasteiger partial charge in [-0.1, -0.05) is 45.4 Å². The van der Waals surface area contributed by atoms with Gasteiger partial charge in [0.05, 0.1) is 11.6 Å². The van der Waals surface area contributed by atoms with Crippen LogP contribution in [0.5, 0.6) is 5.75 Å². The molecular weight excluding hydrogens is 388 g/mol. The normalized spacial score (nSPS) is 16.1. The lowest BCUT2D eigenvalue weighted by Gasteiger charge is -2.21. The lowest BCUT2D eigenvalue weighted by Crippen LogP contribution is -2.35. The highest BCUT2D eigenvalue weighted by Gasteiger charge is 2.24. The van der Waals surface area contributed by atoms with Crippen LogP contribution in [0.1, 0.15) is 67.4 Å². The fourth-order valence-corrected chi connectivity index (χ4v) is 3.20. The van der Waals surface area contributed by atoms with E-state index < -0.39 is 5.60 Å². The van der Waals surface area contributed by atoms with Gasteiger partial charge in [-0.05, 0) is 64.3 Å². The molecule has 29 heavy (non-hydrogen) atoms. The van der Waals surface area contributed by atoms with E-state index in [0.29, 0.717) is 24.1 Å². The minimum Gasteiger partial charge on any atom is -0.492 e. The Hall–Kier alpha value is -1.46. The molecule has 5 nitrogen and oxygen atoms in total. The summed E-state index contributed by atoms with van der Waals surface area (Å²) in [4.78, 5) is 14.1. The van der Waals surface area contributed by atoms with Gasteiger partial charge in [-0.3, -0.25) is 4.90 Å². The first-order chi connectivity index (χ1) is 13.8. The highest BCUT2D eigenvalue weighted by molar-refractivity contribution is 6.32. The van der Waals surface area contributed by atoms with E-state index in [-0.39, 0.29) is 6.09 Å². The zero-order valence-electron chi connectivity index (χ0n) is 19.6. The van der Waals surface area contributed by atoms with E-state index >= 15 is 0 Å². The molecule has 6 heteroatoms. The minimum absolute atomic E-state index is 0.343. The molecule has 1 unspecified atom stereocenters. The van der Waals surface area contributed by atoms with Gasteiger partial charge in [-0.25, -0.2) is 4.79 Å². The molecular formula is C23H41ClN2O3. The van der Waals surface area contributed by atoms with Crippen LogP contribution in [0.25, 0.3) is 0 Å². The molecule has 1 aliphatic rings. The van der Waals surface area contributed by atoms with Gasteiger partial charge >= 0.3 is 6.09 Å². The predicted molar refractivity (Wildman–Crippen MR) is 123 cm³/mol. The van der Waals surface area contributed by atoms with Crippen LogP contribution in [0.4, 0.5) is 4.79 Å². The number of ether oxygens (including phenoxy) is 2.